The molecule has 0 amide bonds. The van der Waals surface area contributed by atoms with Crippen LogP contribution in [-0.4, -0.2) is 18.1 Å². The van der Waals surface area contributed by atoms with Gasteiger partial charge >= 0.3 is 6.18 Å². The van der Waals surface area contributed by atoms with Crippen LogP contribution in [0.5, 0.6) is 0 Å². The SMILES string of the molecule is FC(F)(F)c1cccnc1CC1CCNC1. The highest BCUT2D eigenvalue weighted by molar-refractivity contribution is 5.23. The summed E-state index contributed by atoms with van der Waals surface area (Å²) in [7, 11) is 0. The lowest BCUT2D eigenvalue weighted by Crippen LogP contribution is -2.16. The second-order valence-corrected chi connectivity index (χ2v) is 4.06. The van der Waals surface area contributed by atoms with Crippen molar-refractivity contribution in [1.82, 2.24) is 10.3 Å². The molecule has 0 spiro atoms. The van der Waals surface area contributed by atoms with Crippen LogP contribution in [0.4, 0.5) is 13.2 Å². The van der Waals surface area contributed by atoms with E-state index in [1.54, 1.807) is 0 Å². The molecule has 1 aliphatic rings. The number of nitrogens with zero attached hydrogens (tertiary/aromatic N) is 1. The zero-order valence-corrected chi connectivity index (χ0v) is 8.72. The van der Waals surface area contributed by atoms with Crippen LogP contribution in [0, 0.1) is 5.92 Å². The van der Waals surface area contributed by atoms with Gasteiger partial charge in [-0.15, -0.1) is 0 Å². The Bertz CT molecular complexity index is 356. The minimum atomic E-state index is -4.30. The average Bonchev–Trinajstić information content (AvgIpc) is 2.70. The maximum atomic E-state index is 12.7. The van der Waals surface area contributed by atoms with Gasteiger partial charge in [-0.3, -0.25) is 4.98 Å². The van der Waals surface area contributed by atoms with Crippen LogP contribution < -0.4 is 5.32 Å². The number of halogens is 3. The summed E-state index contributed by atoms with van der Waals surface area (Å²) < 4.78 is 38.0. The highest BCUT2D eigenvalue weighted by Gasteiger charge is 2.34. The van der Waals surface area contributed by atoms with Crippen molar-refractivity contribution in [3.05, 3.63) is 29.6 Å². The Kier molecular flexibility index (Phi) is 3.14. The molecule has 0 aromatic carbocycles. The van der Waals surface area contributed by atoms with Gasteiger partial charge in [0.25, 0.3) is 0 Å². The number of alkyl halides is 3. The van der Waals surface area contributed by atoms with Gasteiger partial charge < -0.3 is 5.32 Å². The fourth-order valence-electron chi connectivity index (χ4n) is 2.02. The molecule has 0 bridgehead atoms. The van der Waals surface area contributed by atoms with Crippen molar-refractivity contribution >= 4 is 0 Å². The van der Waals surface area contributed by atoms with E-state index in [1.807, 2.05) is 0 Å². The number of aromatic nitrogens is 1. The summed E-state index contributed by atoms with van der Waals surface area (Å²) in [6.45, 7) is 1.67. The van der Waals surface area contributed by atoms with E-state index in [-0.39, 0.29) is 11.6 Å². The van der Waals surface area contributed by atoms with Crippen molar-refractivity contribution in [3.8, 4) is 0 Å². The van der Waals surface area contributed by atoms with Crippen LogP contribution in [0.25, 0.3) is 0 Å². The standard InChI is InChI=1S/C11H13F3N2/c12-11(13,14)9-2-1-4-16-10(9)6-8-3-5-15-7-8/h1-2,4,8,15H,3,5-7H2. The van der Waals surface area contributed by atoms with Gasteiger partial charge in [0.15, 0.2) is 0 Å². The lowest BCUT2D eigenvalue weighted by molar-refractivity contribution is -0.138. The second-order valence-electron chi connectivity index (χ2n) is 4.06. The van der Waals surface area contributed by atoms with E-state index < -0.39 is 11.7 Å². The smallest absolute Gasteiger partial charge is 0.316 e. The minimum Gasteiger partial charge on any atom is -0.316 e. The maximum absolute atomic E-state index is 12.7. The first-order valence-electron chi connectivity index (χ1n) is 5.29. The summed E-state index contributed by atoms with van der Waals surface area (Å²) in [6, 6.07) is 2.43. The van der Waals surface area contributed by atoms with Gasteiger partial charge in [-0.1, -0.05) is 0 Å². The van der Waals surface area contributed by atoms with Crippen molar-refractivity contribution in [2.24, 2.45) is 5.92 Å². The van der Waals surface area contributed by atoms with E-state index in [2.05, 4.69) is 10.3 Å². The molecule has 1 fully saturated rings. The van der Waals surface area contributed by atoms with Gasteiger partial charge in [0.05, 0.1) is 11.3 Å². The molecular formula is C11H13F3N2. The third-order valence-electron chi connectivity index (χ3n) is 2.84. The predicted molar refractivity (Wildman–Crippen MR) is 53.9 cm³/mol. The number of pyridine rings is 1. The van der Waals surface area contributed by atoms with Crippen molar-refractivity contribution in [2.45, 2.75) is 19.0 Å². The highest BCUT2D eigenvalue weighted by atomic mass is 19.4. The summed E-state index contributed by atoms with van der Waals surface area (Å²) in [6.07, 6.45) is -1.54. The highest BCUT2D eigenvalue weighted by Crippen LogP contribution is 2.32. The zero-order valence-electron chi connectivity index (χ0n) is 8.72. The van der Waals surface area contributed by atoms with Crippen molar-refractivity contribution in [1.29, 1.82) is 0 Å². The van der Waals surface area contributed by atoms with Crippen molar-refractivity contribution in [3.63, 3.8) is 0 Å². The van der Waals surface area contributed by atoms with Gasteiger partial charge in [0, 0.05) is 6.20 Å². The maximum Gasteiger partial charge on any atom is 0.418 e. The van der Waals surface area contributed by atoms with Crippen LogP contribution in [0.15, 0.2) is 18.3 Å². The Labute approximate surface area is 91.9 Å². The van der Waals surface area contributed by atoms with E-state index in [0.717, 1.165) is 25.6 Å². The quantitative estimate of drug-likeness (QED) is 0.842. The molecular weight excluding hydrogens is 217 g/mol. The molecule has 1 aromatic rings. The number of nitrogens with one attached hydrogen (secondary N) is 1. The monoisotopic (exact) mass is 230 g/mol. The molecule has 2 rings (SSSR count). The molecule has 1 saturated heterocycles. The fourth-order valence-corrected chi connectivity index (χ4v) is 2.02. The van der Waals surface area contributed by atoms with Gasteiger partial charge in [0.1, 0.15) is 0 Å². The van der Waals surface area contributed by atoms with Gasteiger partial charge in [-0.25, -0.2) is 0 Å². The normalized spacial score (nSPS) is 21.3. The van der Waals surface area contributed by atoms with Crippen LogP contribution in [-0.2, 0) is 12.6 Å². The molecule has 1 aromatic heterocycles. The number of hydrogen-bond acceptors (Lipinski definition) is 2. The third kappa shape index (κ3) is 2.52. The van der Waals surface area contributed by atoms with Crippen LogP contribution in [0.1, 0.15) is 17.7 Å². The van der Waals surface area contributed by atoms with Crippen molar-refractivity contribution < 1.29 is 13.2 Å². The minimum absolute atomic E-state index is 0.170. The Morgan fingerprint density at radius 1 is 1.44 bits per heavy atom. The summed E-state index contributed by atoms with van der Waals surface area (Å²) >= 11 is 0. The van der Waals surface area contributed by atoms with Gasteiger partial charge in [-0.2, -0.15) is 13.2 Å². The zero-order chi connectivity index (χ0) is 11.6. The first-order chi connectivity index (χ1) is 7.57. The molecule has 2 nitrogen and oxygen atoms in total. The number of hydrogen-bond donors (Lipinski definition) is 1. The molecule has 0 saturated carbocycles. The summed E-state index contributed by atoms with van der Waals surface area (Å²) in [5.41, 5.74) is -0.425. The molecule has 1 atom stereocenters. The van der Waals surface area contributed by atoms with Gasteiger partial charge in [-0.05, 0) is 44.0 Å². The van der Waals surface area contributed by atoms with Crippen LogP contribution in [0.3, 0.4) is 0 Å². The second kappa shape index (κ2) is 4.41. The van der Waals surface area contributed by atoms with Crippen molar-refractivity contribution in [2.75, 3.05) is 13.1 Å². The van der Waals surface area contributed by atoms with Gasteiger partial charge in [0.2, 0.25) is 0 Å². The van der Waals surface area contributed by atoms with E-state index in [9.17, 15) is 13.2 Å². The largest absolute Gasteiger partial charge is 0.418 e. The van der Waals surface area contributed by atoms with E-state index in [0.29, 0.717) is 6.42 Å². The first kappa shape index (κ1) is 11.4. The molecule has 0 aliphatic carbocycles. The van der Waals surface area contributed by atoms with Crippen LogP contribution in [0.2, 0.25) is 0 Å². The lowest BCUT2D eigenvalue weighted by atomic mass is 9.99. The fraction of sp³-hybridized carbons (Fsp3) is 0.545. The molecule has 0 radical (unpaired) electrons. The first-order valence-corrected chi connectivity index (χ1v) is 5.29. The van der Waals surface area contributed by atoms with E-state index in [4.69, 9.17) is 0 Å². The summed E-state index contributed by atoms with van der Waals surface area (Å²) in [5, 5.41) is 3.14. The molecule has 2 heterocycles. The molecule has 1 unspecified atom stereocenters. The van der Waals surface area contributed by atoms with E-state index >= 15 is 0 Å². The Balaban J connectivity index is 2.19. The lowest BCUT2D eigenvalue weighted by Gasteiger charge is -2.13. The molecule has 88 valence electrons. The predicted octanol–water partition coefficient (Wildman–Crippen LogP) is 2.25. The molecule has 5 heteroatoms. The average molecular weight is 230 g/mol. The summed E-state index contributed by atoms with van der Waals surface area (Å²) in [4.78, 5) is 3.86. The Hall–Kier alpha value is -1.10. The molecule has 1 aliphatic heterocycles. The Morgan fingerprint density at radius 2 is 2.25 bits per heavy atom. The van der Waals surface area contributed by atoms with Crippen LogP contribution >= 0.6 is 0 Å². The molecule has 1 N–H and O–H groups in total. The Morgan fingerprint density at radius 3 is 2.88 bits per heavy atom. The summed E-state index contributed by atoms with van der Waals surface area (Å²) in [5.74, 6) is 0.274. The number of rotatable bonds is 2. The topological polar surface area (TPSA) is 24.9 Å². The third-order valence-corrected chi connectivity index (χ3v) is 2.84. The van der Waals surface area contributed by atoms with E-state index in [1.165, 1.54) is 12.3 Å². The molecule has 16 heavy (non-hydrogen) atoms.